The van der Waals surface area contributed by atoms with Crippen LogP contribution in [-0.2, 0) is 4.79 Å². The van der Waals surface area contributed by atoms with Gasteiger partial charge in [-0.25, -0.2) is 0 Å². The monoisotopic (exact) mass is 300 g/mol. The van der Waals surface area contributed by atoms with Gasteiger partial charge in [0.05, 0.1) is 7.11 Å². The van der Waals surface area contributed by atoms with E-state index in [1.54, 1.807) is 31.4 Å². The summed E-state index contributed by atoms with van der Waals surface area (Å²) in [7, 11) is 1.57. The molecule has 0 aliphatic rings. The van der Waals surface area contributed by atoms with Crippen molar-refractivity contribution in [1.29, 1.82) is 0 Å². The molecule has 0 atom stereocenters. The average molecular weight is 300 g/mol. The number of nitrogen functional groups attached to an aromatic ring is 1. The molecule has 0 radical (unpaired) electrons. The van der Waals surface area contributed by atoms with Crippen LogP contribution < -0.4 is 20.5 Å². The van der Waals surface area contributed by atoms with Crippen molar-refractivity contribution < 1.29 is 14.3 Å². The van der Waals surface area contributed by atoms with Crippen LogP contribution >= 0.6 is 0 Å². The lowest BCUT2D eigenvalue weighted by Gasteiger charge is -2.13. The minimum Gasteiger partial charge on any atom is -0.493 e. The Morgan fingerprint density at radius 1 is 1.18 bits per heavy atom. The Balaban J connectivity index is 2.00. The summed E-state index contributed by atoms with van der Waals surface area (Å²) in [6.07, 6.45) is 0. The lowest BCUT2D eigenvalue weighted by Crippen LogP contribution is -2.21. The summed E-state index contributed by atoms with van der Waals surface area (Å²) in [6.45, 7) is 3.71. The molecule has 0 bridgehead atoms. The molecule has 2 aromatic carbocycles. The molecule has 0 saturated carbocycles. The number of nitrogens with one attached hydrogen (secondary N) is 1. The van der Waals surface area contributed by atoms with E-state index >= 15 is 0 Å². The Hall–Kier alpha value is -2.69. The van der Waals surface area contributed by atoms with Crippen LogP contribution in [0.2, 0.25) is 0 Å². The number of nitrogens with two attached hydrogens (primary N) is 1. The number of aryl methyl sites for hydroxylation is 1. The van der Waals surface area contributed by atoms with Crippen LogP contribution in [0.25, 0.3) is 0 Å². The largest absolute Gasteiger partial charge is 0.493 e. The summed E-state index contributed by atoms with van der Waals surface area (Å²) < 4.78 is 10.8. The fourth-order valence-electron chi connectivity index (χ4n) is 2.01. The maximum atomic E-state index is 12.0. The predicted molar refractivity (Wildman–Crippen MR) is 87.4 cm³/mol. The van der Waals surface area contributed by atoms with Crippen LogP contribution in [0.3, 0.4) is 0 Å². The van der Waals surface area contributed by atoms with Crippen LogP contribution in [0.4, 0.5) is 11.4 Å². The van der Waals surface area contributed by atoms with E-state index in [9.17, 15) is 4.79 Å². The van der Waals surface area contributed by atoms with Crippen molar-refractivity contribution in [3.63, 3.8) is 0 Å². The quantitative estimate of drug-likeness (QED) is 0.833. The number of carbonyl (C=O) groups excluding carboxylic acids is 1. The molecule has 0 unspecified atom stereocenters. The van der Waals surface area contributed by atoms with Crippen LogP contribution in [0.1, 0.15) is 11.1 Å². The number of ether oxygens (including phenoxy) is 2. The molecule has 0 fully saturated rings. The zero-order valence-corrected chi connectivity index (χ0v) is 13.0. The van der Waals surface area contributed by atoms with Crippen molar-refractivity contribution in [3.8, 4) is 11.5 Å². The topological polar surface area (TPSA) is 73.6 Å². The van der Waals surface area contributed by atoms with Gasteiger partial charge in [-0.15, -0.1) is 0 Å². The maximum Gasteiger partial charge on any atom is 0.262 e. The Bertz CT molecular complexity index is 684. The number of methoxy groups -OCH3 is 1. The Morgan fingerprint density at radius 2 is 1.95 bits per heavy atom. The van der Waals surface area contributed by atoms with Gasteiger partial charge in [0, 0.05) is 11.4 Å². The van der Waals surface area contributed by atoms with Crippen molar-refractivity contribution in [2.45, 2.75) is 13.8 Å². The third-order valence-electron chi connectivity index (χ3n) is 3.33. The Morgan fingerprint density at radius 3 is 2.68 bits per heavy atom. The third kappa shape index (κ3) is 3.69. The highest BCUT2D eigenvalue weighted by atomic mass is 16.5. The number of hydrogen-bond donors (Lipinski definition) is 2. The van der Waals surface area contributed by atoms with Crippen molar-refractivity contribution in [1.82, 2.24) is 0 Å². The van der Waals surface area contributed by atoms with Crippen molar-refractivity contribution in [2.75, 3.05) is 24.8 Å². The first kappa shape index (κ1) is 15.7. The fourth-order valence-corrected chi connectivity index (χ4v) is 2.01. The molecule has 1 amide bonds. The summed E-state index contributed by atoms with van der Waals surface area (Å²) in [5.74, 6) is 0.886. The van der Waals surface area contributed by atoms with E-state index in [2.05, 4.69) is 5.32 Å². The van der Waals surface area contributed by atoms with Crippen molar-refractivity contribution >= 4 is 17.3 Å². The van der Waals surface area contributed by atoms with E-state index in [-0.39, 0.29) is 12.5 Å². The SMILES string of the molecule is COc1cc(C)ccc1OCC(=O)Nc1cccc(N)c1C. The second kappa shape index (κ2) is 6.85. The number of anilines is 2. The minimum atomic E-state index is -0.253. The molecular weight excluding hydrogens is 280 g/mol. The molecule has 5 heteroatoms. The van der Waals surface area contributed by atoms with Crippen LogP contribution in [-0.4, -0.2) is 19.6 Å². The van der Waals surface area contributed by atoms with E-state index in [4.69, 9.17) is 15.2 Å². The Labute approximate surface area is 130 Å². The highest BCUT2D eigenvalue weighted by molar-refractivity contribution is 5.93. The summed E-state index contributed by atoms with van der Waals surface area (Å²) in [5.41, 5.74) is 9.03. The van der Waals surface area contributed by atoms with Crippen molar-refractivity contribution in [2.24, 2.45) is 0 Å². The van der Waals surface area contributed by atoms with E-state index in [1.807, 2.05) is 26.0 Å². The standard InChI is InChI=1S/C17H20N2O3/c1-11-7-8-15(16(9-11)21-3)22-10-17(20)19-14-6-4-5-13(18)12(14)2/h4-9H,10,18H2,1-3H3,(H,19,20). The molecule has 0 aliphatic carbocycles. The van der Waals surface area contributed by atoms with Crippen molar-refractivity contribution in [3.05, 3.63) is 47.5 Å². The van der Waals surface area contributed by atoms with Gasteiger partial charge in [0.25, 0.3) is 5.91 Å². The van der Waals surface area contributed by atoms with E-state index < -0.39 is 0 Å². The summed E-state index contributed by atoms with van der Waals surface area (Å²) in [6, 6.07) is 10.9. The van der Waals surface area contributed by atoms with E-state index in [1.165, 1.54) is 0 Å². The lowest BCUT2D eigenvalue weighted by atomic mass is 10.1. The minimum absolute atomic E-state index is 0.104. The zero-order valence-electron chi connectivity index (χ0n) is 13.0. The molecule has 2 rings (SSSR count). The smallest absolute Gasteiger partial charge is 0.262 e. The summed E-state index contributed by atoms with van der Waals surface area (Å²) in [5, 5.41) is 2.79. The molecule has 0 spiro atoms. The van der Waals surface area contributed by atoms with Gasteiger partial charge in [-0.05, 0) is 49.2 Å². The second-order valence-corrected chi connectivity index (χ2v) is 5.01. The molecular formula is C17H20N2O3. The fraction of sp³-hybridized carbons (Fsp3) is 0.235. The molecule has 116 valence electrons. The van der Waals surface area contributed by atoms with Gasteiger partial charge in [0.2, 0.25) is 0 Å². The van der Waals surface area contributed by atoms with Gasteiger partial charge < -0.3 is 20.5 Å². The molecule has 0 saturated heterocycles. The maximum absolute atomic E-state index is 12.0. The molecule has 0 aliphatic heterocycles. The number of amides is 1. The van der Waals surface area contributed by atoms with Crippen LogP contribution in [0, 0.1) is 13.8 Å². The number of carbonyl (C=O) groups is 1. The van der Waals surface area contributed by atoms with Crippen LogP contribution in [0.5, 0.6) is 11.5 Å². The van der Waals surface area contributed by atoms with Gasteiger partial charge in [0.15, 0.2) is 18.1 Å². The number of benzene rings is 2. The molecule has 3 N–H and O–H groups in total. The number of rotatable bonds is 5. The van der Waals surface area contributed by atoms with Gasteiger partial charge in [-0.1, -0.05) is 12.1 Å². The first-order chi connectivity index (χ1) is 10.5. The number of hydrogen-bond acceptors (Lipinski definition) is 4. The molecule has 0 heterocycles. The lowest BCUT2D eigenvalue weighted by molar-refractivity contribution is -0.118. The molecule has 2 aromatic rings. The average Bonchev–Trinajstić information content (AvgIpc) is 2.50. The molecule has 0 aromatic heterocycles. The van der Waals surface area contributed by atoms with Crippen LogP contribution in [0.15, 0.2) is 36.4 Å². The normalized spacial score (nSPS) is 10.1. The molecule has 22 heavy (non-hydrogen) atoms. The van der Waals surface area contributed by atoms with Gasteiger partial charge in [0.1, 0.15) is 0 Å². The second-order valence-electron chi connectivity index (χ2n) is 5.01. The predicted octanol–water partition coefficient (Wildman–Crippen LogP) is 2.91. The summed E-state index contributed by atoms with van der Waals surface area (Å²) in [4.78, 5) is 12.0. The zero-order chi connectivity index (χ0) is 16.1. The Kier molecular flexibility index (Phi) is 4.88. The van der Waals surface area contributed by atoms with E-state index in [0.717, 1.165) is 11.1 Å². The van der Waals surface area contributed by atoms with Gasteiger partial charge >= 0.3 is 0 Å². The highest BCUT2D eigenvalue weighted by Crippen LogP contribution is 2.27. The van der Waals surface area contributed by atoms with E-state index in [0.29, 0.717) is 22.9 Å². The third-order valence-corrected chi connectivity index (χ3v) is 3.33. The molecule has 5 nitrogen and oxygen atoms in total. The van der Waals surface area contributed by atoms with Gasteiger partial charge in [-0.3, -0.25) is 4.79 Å². The van der Waals surface area contributed by atoms with Gasteiger partial charge in [-0.2, -0.15) is 0 Å². The first-order valence-corrected chi connectivity index (χ1v) is 6.93. The first-order valence-electron chi connectivity index (χ1n) is 6.93. The summed E-state index contributed by atoms with van der Waals surface area (Å²) >= 11 is 0. The highest BCUT2D eigenvalue weighted by Gasteiger charge is 2.09.